The molecule has 7 atom stereocenters. The first-order chi connectivity index (χ1) is 19.1. The van der Waals surface area contributed by atoms with Crippen LogP contribution in [0.25, 0.3) is 0 Å². The molecule has 0 saturated heterocycles. The van der Waals surface area contributed by atoms with E-state index in [1.807, 2.05) is 0 Å². The smallest absolute Gasteiger partial charge is 0.408 e. The van der Waals surface area contributed by atoms with Gasteiger partial charge in [0.25, 0.3) is 0 Å². The molecule has 11 nitrogen and oxygen atoms in total. The van der Waals surface area contributed by atoms with Crippen molar-refractivity contribution in [2.45, 2.75) is 103 Å². The molecule has 43 heavy (non-hydrogen) atoms. The molecule has 0 aromatic heterocycles. The lowest BCUT2D eigenvalue weighted by molar-refractivity contribution is -0.177. The van der Waals surface area contributed by atoms with E-state index in [9.17, 15) is 18.6 Å². The van der Waals surface area contributed by atoms with Gasteiger partial charge in [0.05, 0.1) is 22.6 Å². The van der Waals surface area contributed by atoms with Crippen molar-refractivity contribution >= 4 is 52.3 Å². The van der Waals surface area contributed by atoms with Crippen LogP contribution in [0.4, 0.5) is 4.79 Å². The Hall–Kier alpha value is -1.96. The minimum absolute atomic E-state index is 0. The molecular weight excluding hydrogens is 625 g/mol. The normalized spacial score (nSPS) is 27.3. The van der Waals surface area contributed by atoms with Crippen LogP contribution in [0.5, 0.6) is 0 Å². The summed E-state index contributed by atoms with van der Waals surface area (Å²) in [4.78, 5) is 41.0. The number of carbonyl (C=O) groups is 3. The first kappa shape index (κ1) is 37.2. The SMILES string of the molecule is CS(=O)O[C@@H]1[C@H]2[C@H](C(=O)OC(C)(C)C)[C@H]2[C@](NC(=O)OC(C)(C)C)(C(=O)OC(C)(C)C)[C@@H]1OCc1ccc(Cl)c(Cl)c1.O. The Bertz CT molecular complexity index is 1240. The zero-order valence-electron chi connectivity index (χ0n) is 26.2. The zero-order chi connectivity index (χ0) is 32.0. The van der Waals surface area contributed by atoms with E-state index >= 15 is 0 Å². The molecule has 1 aromatic carbocycles. The Balaban J connectivity index is 0.00000645. The maximum Gasteiger partial charge on any atom is 0.408 e. The number of amides is 1. The third-order valence-corrected chi connectivity index (χ3v) is 7.74. The van der Waals surface area contributed by atoms with E-state index in [1.54, 1.807) is 80.5 Å². The Morgan fingerprint density at radius 1 is 0.907 bits per heavy atom. The Labute approximate surface area is 265 Å². The third kappa shape index (κ3) is 9.04. The second kappa shape index (κ2) is 13.2. The van der Waals surface area contributed by atoms with Crippen molar-refractivity contribution in [1.82, 2.24) is 5.32 Å². The van der Waals surface area contributed by atoms with E-state index in [0.717, 1.165) is 0 Å². The summed E-state index contributed by atoms with van der Waals surface area (Å²) in [7, 11) is 0. The molecule has 2 fully saturated rings. The maximum absolute atomic E-state index is 14.2. The Morgan fingerprint density at radius 2 is 1.47 bits per heavy atom. The van der Waals surface area contributed by atoms with Gasteiger partial charge < -0.3 is 29.7 Å². The van der Waals surface area contributed by atoms with Gasteiger partial charge in [-0.1, -0.05) is 29.3 Å². The molecule has 1 amide bonds. The highest BCUT2D eigenvalue weighted by Crippen LogP contribution is 2.65. The number of halogens is 2. The quantitative estimate of drug-likeness (QED) is 0.310. The molecule has 0 aliphatic heterocycles. The summed E-state index contributed by atoms with van der Waals surface area (Å²) in [6.07, 6.45) is -1.91. The van der Waals surface area contributed by atoms with E-state index < -0.39 is 81.4 Å². The average molecular weight is 669 g/mol. The number of fused-ring (bicyclic) bond motifs is 1. The van der Waals surface area contributed by atoms with Gasteiger partial charge in [0, 0.05) is 18.1 Å². The molecular formula is C29H43Cl2NO10S. The topological polar surface area (TPSA) is 158 Å². The Kier molecular flexibility index (Phi) is 11.4. The molecule has 2 aliphatic carbocycles. The largest absolute Gasteiger partial charge is 0.460 e. The van der Waals surface area contributed by atoms with Gasteiger partial charge >= 0.3 is 18.0 Å². The lowest BCUT2D eigenvalue weighted by Crippen LogP contribution is -2.67. The number of rotatable bonds is 8. The summed E-state index contributed by atoms with van der Waals surface area (Å²) in [6.45, 7) is 15.1. The molecule has 14 heteroatoms. The molecule has 2 saturated carbocycles. The molecule has 0 bridgehead atoms. The number of alkyl carbamates (subject to hydrolysis) is 1. The number of hydrogen-bond donors (Lipinski definition) is 1. The molecule has 244 valence electrons. The van der Waals surface area contributed by atoms with Gasteiger partial charge in [0.2, 0.25) is 0 Å². The van der Waals surface area contributed by atoms with Gasteiger partial charge in [0.15, 0.2) is 16.6 Å². The van der Waals surface area contributed by atoms with Crippen LogP contribution in [0.1, 0.15) is 67.9 Å². The highest BCUT2D eigenvalue weighted by molar-refractivity contribution is 7.79. The van der Waals surface area contributed by atoms with Crippen molar-refractivity contribution in [3.05, 3.63) is 33.8 Å². The van der Waals surface area contributed by atoms with Crippen LogP contribution in [0.15, 0.2) is 18.2 Å². The van der Waals surface area contributed by atoms with E-state index in [2.05, 4.69) is 5.32 Å². The molecule has 0 heterocycles. The van der Waals surface area contributed by atoms with Gasteiger partial charge in [-0.25, -0.2) is 13.8 Å². The number of hydrogen-bond acceptors (Lipinski definition) is 9. The van der Waals surface area contributed by atoms with Crippen LogP contribution in [-0.4, -0.2) is 68.5 Å². The van der Waals surface area contributed by atoms with Crippen LogP contribution in [0.3, 0.4) is 0 Å². The predicted molar refractivity (Wildman–Crippen MR) is 162 cm³/mol. The second-order valence-corrected chi connectivity index (χ2v) is 15.4. The third-order valence-electron chi connectivity index (χ3n) is 6.51. The number of ether oxygens (including phenoxy) is 4. The molecule has 0 spiro atoms. The van der Waals surface area contributed by atoms with Crippen LogP contribution in [-0.2, 0) is 50.4 Å². The monoisotopic (exact) mass is 667 g/mol. The first-order valence-electron chi connectivity index (χ1n) is 13.6. The fourth-order valence-electron chi connectivity index (χ4n) is 5.26. The minimum atomic E-state index is -1.97. The highest BCUT2D eigenvalue weighted by Gasteiger charge is 2.82. The van der Waals surface area contributed by atoms with Gasteiger partial charge in [-0.3, -0.25) is 8.98 Å². The van der Waals surface area contributed by atoms with Crippen molar-refractivity contribution in [3.63, 3.8) is 0 Å². The molecule has 1 aromatic rings. The molecule has 1 unspecified atom stereocenters. The number of nitrogens with one attached hydrogen (secondary N) is 1. The van der Waals surface area contributed by atoms with Crippen molar-refractivity contribution < 1.29 is 47.2 Å². The van der Waals surface area contributed by atoms with E-state index in [4.69, 9.17) is 46.3 Å². The average Bonchev–Trinajstić information content (AvgIpc) is 3.46. The van der Waals surface area contributed by atoms with Gasteiger partial charge in [0.1, 0.15) is 29.0 Å². The van der Waals surface area contributed by atoms with E-state index in [0.29, 0.717) is 15.6 Å². The fraction of sp³-hybridized carbons (Fsp3) is 0.690. The van der Waals surface area contributed by atoms with Crippen molar-refractivity contribution in [1.29, 1.82) is 0 Å². The summed E-state index contributed by atoms with van der Waals surface area (Å²) in [5.41, 5.74) is -4.08. The molecule has 2 aliphatic rings. The number of benzene rings is 1. The van der Waals surface area contributed by atoms with E-state index in [1.165, 1.54) is 6.26 Å². The van der Waals surface area contributed by atoms with Crippen LogP contribution in [0.2, 0.25) is 10.0 Å². The second-order valence-electron chi connectivity index (χ2n) is 13.6. The summed E-state index contributed by atoms with van der Waals surface area (Å²) >= 11 is 10.4. The lowest BCUT2D eigenvalue weighted by atomic mass is 9.86. The molecule has 3 N–H and O–H groups in total. The summed E-state index contributed by atoms with van der Waals surface area (Å²) < 4.78 is 41.7. The van der Waals surface area contributed by atoms with Crippen LogP contribution in [0, 0.1) is 17.8 Å². The van der Waals surface area contributed by atoms with Crippen LogP contribution < -0.4 is 5.32 Å². The highest BCUT2D eigenvalue weighted by atomic mass is 35.5. The summed E-state index contributed by atoms with van der Waals surface area (Å²) in [5, 5.41) is 3.37. The summed E-state index contributed by atoms with van der Waals surface area (Å²) in [5.74, 6) is -3.89. The van der Waals surface area contributed by atoms with Gasteiger partial charge in [-0.05, 0) is 80.0 Å². The minimum Gasteiger partial charge on any atom is -0.460 e. The van der Waals surface area contributed by atoms with Crippen molar-refractivity contribution in [2.75, 3.05) is 6.26 Å². The summed E-state index contributed by atoms with van der Waals surface area (Å²) in [6, 6.07) is 4.90. The Morgan fingerprint density at radius 3 is 1.95 bits per heavy atom. The van der Waals surface area contributed by atoms with Crippen molar-refractivity contribution in [3.8, 4) is 0 Å². The first-order valence-corrected chi connectivity index (χ1v) is 15.8. The number of esters is 2. The van der Waals surface area contributed by atoms with Gasteiger partial charge in [-0.15, -0.1) is 0 Å². The zero-order valence-corrected chi connectivity index (χ0v) is 28.5. The van der Waals surface area contributed by atoms with Gasteiger partial charge in [-0.2, -0.15) is 0 Å². The fourth-order valence-corrected chi connectivity index (χ4v) is 6.12. The lowest BCUT2D eigenvalue weighted by Gasteiger charge is -2.40. The number of carbonyl (C=O) groups excluding carboxylic acids is 3. The van der Waals surface area contributed by atoms with E-state index in [-0.39, 0.29) is 12.1 Å². The van der Waals surface area contributed by atoms with Crippen LogP contribution >= 0.6 is 23.2 Å². The molecule has 0 radical (unpaired) electrons. The standard InChI is InChI=1S/C29H41Cl2NO9S.H2O/c1-26(2,3)38-23(33)19-18-20(19)29(24(34)39-27(4,5)6,32-25(35)40-28(7,8)9)22(21(18)41-42(10)36)37-14-15-11-12-16(30)17(31)13-15;/h11-13,18-22H,14H2,1-10H3,(H,32,35);1H2/t18-,19-,20-,21+,22+,29+,42?;/m0./s1. The molecule has 3 rings (SSSR count). The maximum atomic E-state index is 14.2. The predicted octanol–water partition coefficient (Wildman–Crippen LogP) is 4.56. The van der Waals surface area contributed by atoms with Crippen molar-refractivity contribution in [2.24, 2.45) is 17.8 Å².